The lowest BCUT2D eigenvalue weighted by atomic mass is 9.40. The topological polar surface area (TPSA) is 178 Å². The third-order valence-corrected chi connectivity index (χ3v) is 12.6. The number of fused-ring (bicyclic) bond motifs is 5. The molecule has 1 unspecified atom stereocenters. The van der Waals surface area contributed by atoms with Crippen molar-refractivity contribution < 1.29 is 53.1 Å². The van der Waals surface area contributed by atoms with E-state index in [2.05, 4.69) is 5.23 Å². The summed E-state index contributed by atoms with van der Waals surface area (Å²) in [5.74, 6) is -4.35. The number of benzene rings is 1. The number of hydrogen-bond acceptors (Lipinski definition) is 12. The fourth-order valence-corrected chi connectivity index (χ4v) is 9.87. The second-order valence-electron chi connectivity index (χ2n) is 16.0. The molecule has 14 heteroatoms. The molecule has 1 aromatic carbocycles. The first-order valence-electron chi connectivity index (χ1n) is 18.0. The van der Waals surface area contributed by atoms with E-state index in [0.29, 0.717) is 18.4 Å². The van der Waals surface area contributed by atoms with Crippen LogP contribution in [0.15, 0.2) is 41.7 Å². The Morgan fingerprint density at radius 3 is 2.33 bits per heavy atom. The Balaban J connectivity index is 1.66. The third kappa shape index (κ3) is 6.18. The first-order chi connectivity index (χ1) is 24.3. The molecule has 1 amide bonds. The zero-order valence-corrected chi connectivity index (χ0v) is 31.5. The number of ether oxygens (including phenoxy) is 4. The number of carbonyl (C=O) groups excluding carboxylic acids is 5. The van der Waals surface area contributed by atoms with E-state index < -0.39 is 82.0 Å². The van der Waals surface area contributed by atoms with Crippen molar-refractivity contribution in [2.75, 3.05) is 20.7 Å². The number of carbonyl (C=O) groups is 5. The van der Waals surface area contributed by atoms with Gasteiger partial charge in [0.15, 0.2) is 12.2 Å². The predicted molar refractivity (Wildman–Crippen MR) is 189 cm³/mol. The second kappa shape index (κ2) is 14.3. The van der Waals surface area contributed by atoms with Crippen molar-refractivity contribution in [3.63, 3.8) is 0 Å². The lowest BCUT2D eigenvalue weighted by Gasteiger charge is -2.68. The molecule has 3 N–H and O–H groups in total. The quantitative estimate of drug-likeness (QED) is 0.139. The molecule has 13 nitrogen and oxygen atoms in total. The minimum absolute atomic E-state index is 0.0346. The van der Waals surface area contributed by atoms with Gasteiger partial charge in [-0.25, -0.2) is 9.59 Å². The number of ketones is 1. The molecular weight excluding hydrogens is 671 g/mol. The first kappa shape index (κ1) is 39.6. The molecule has 1 heterocycles. The number of hydrogen-bond donors (Lipinski definition) is 3. The summed E-state index contributed by atoms with van der Waals surface area (Å²) in [5.41, 5.74) is -4.01. The summed E-state index contributed by atoms with van der Waals surface area (Å²) in [5, 5.41) is 27.4. The van der Waals surface area contributed by atoms with E-state index in [1.54, 1.807) is 79.0 Å². The van der Waals surface area contributed by atoms with Crippen LogP contribution in [0.4, 0.5) is 4.79 Å². The number of aliphatic hydroxyl groups excluding tert-OH is 1. The Kier molecular flexibility index (Phi) is 10.9. The van der Waals surface area contributed by atoms with Crippen molar-refractivity contribution >= 4 is 37.4 Å². The van der Waals surface area contributed by atoms with E-state index in [9.17, 15) is 29.4 Å². The summed E-state index contributed by atoms with van der Waals surface area (Å²) in [4.78, 5) is 67.8. The first-order valence-corrected chi connectivity index (χ1v) is 18.0. The fraction of sp³-hybridized carbons (Fsp3) is 0.658. The molecule has 3 fully saturated rings. The number of aliphatic hydroxyl groups is 2. The van der Waals surface area contributed by atoms with Gasteiger partial charge in [0, 0.05) is 50.1 Å². The molecule has 1 saturated heterocycles. The molecule has 0 spiro atoms. The molecule has 2 bridgehead atoms. The highest BCUT2D eigenvalue weighted by Gasteiger charge is 2.74. The summed E-state index contributed by atoms with van der Waals surface area (Å²) in [6.45, 7) is 12.9. The van der Waals surface area contributed by atoms with Crippen molar-refractivity contribution in [1.82, 2.24) is 10.1 Å². The Morgan fingerprint density at radius 2 is 1.77 bits per heavy atom. The van der Waals surface area contributed by atoms with Crippen LogP contribution in [-0.4, -0.2) is 103 Å². The van der Waals surface area contributed by atoms with Crippen LogP contribution < -0.4 is 5.23 Å². The van der Waals surface area contributed by atoms with Gasteiger partial charge in [-0.15, -0.1) is 0 Å². The van der Waals surface area contributed by atoms with E-state index in [4.69, 9.17) is 18.9 Å². The molecule has 11 atom stereocenters. The van der Waals surface area contributed by atoms with Gasteiger partial charge >= 0.3 is 18.0 Å². The smallest absolute Gasteiger partial charge is 0.409 e. The molecule has 52 heavy (non-hydrogen) atoms. The minimum atomic E-state index is -1.84. The molecule has 3 aliphatic carbocycles. The van der Waals surface area contributed by atoms with Gasteiger partial charge in [-0.05, 0) is 29.9 Å². The van der Waals surface area contributed by atoms with Crippen LogP contribution >= 0.6 is 0 Å². The normalized spacial score (nSPS) is 35.9. The lowest BCUT2D eigenvalue weighted by molar-refractivity contribution is -0.301. The number of Topliss-reactive ketones (excluding diaryl/α,β-unsaturated/α-hetero) is 1. The van der Waals surface area contributed by atoms with Crippen molar-refractivity contribution in [3.05, 3.63) is 47.2 Å². The maximum absolute atomic E-state index is 15.3. The molecular formula is C38H52BN2O11. The van der Waals surface area contributed by atoms with Gasteiger partial charge in [0.1, 0.15) is 17.6 Å². The average Bonchev–Trinajstić information content (AvgIpc) is 3.10. The van der Waals surface area contributed by atoms with Crippen LogP contribution in [0.3, 0.4) is 0 Å². The van der Waals surface area contributed by atoms with Crippen LogP contribution in [-0.2, 0) is 38.1 Å². The van der Waals surface area contributed by atoms with Gasteiger partial charge in [0.25, 0.3) is 7.41 Å². The van der Waals surface area contributed by atoms with E-state index in [0.717, 1.165) is 7.41 Å². The molecule has 5 rings (SSSR count). The zero-order chi connectivity index (χ0) is 38.6. The fourth-order valence-electron chi connectivity index (χ4n) is 9.87. The number of esters is 2. The summed E-state index contributed by atoms with van der Waals surface area (Å²) in [6, 6.07) is 7.45. The van der Waals surface area contributed by atoms with Gasteiger partial charge in [-0.2, -0.15) is 0 Å². The van der Waals surface area contributed by atoms with E-state index >= 15 is 4.79 Å². The molecule has 1 aliphatic heterocycles. The predicted octanol–water partition coefficient (Wildman–Crippen LogP) is 3.12. The molecule has 283 valence electrons. The number of amides is 1. The van der Waals surface area contributed by atoms with Crippen LogP contribution in [0, 0.1) is 34.0 Å². The minimum Gasteiger partial charge on any atom is -0.452 e. The Bertz CT molecular complexity index is 1620. The van der Waals surface area contributed by atoms with Gasteiger partial charge in [0.05, 0.1) is 36.0 Å². The molecule has 4 aliphatic rings. The highest BCUT2D eigenvalue weighted by molar-refractivity contribution is 6.64. The monoisotopic (exact) mass is 723 g/mol. The van der Waals surface area contributed by atoms with Gasteiger partial charge < -0.3 is 44.1 Å². The second-order valence-corrected chi connectivity index (χ2v) is 16.0. The van der Waals surface area contributed by atoms with E-state index in [1.165, 1.54) is 4.90 Å². The summed E-state index contributed by atoms with van der Waals surface area (Å²) < 4.78 is 24.1. The van der Waals surface area contributed by atoms with Crippen molar-refractivity contribution in [1.29, 1.82) is 0 Å². The molecule has 0 aromatic heterocycles. The summed E-state index contributed by atoms with van der Waals surface area (Å²) >= 11 is 0. The molecule has 1 aromatic rings. The van der Waals surface area contributed by atoms with Crippen molar-refractivity contribution in [2.45, 2.75) is 104 Å². The zero-order valence-electron chi connectivity index (χ0n) is 31.5. The lowest BCUT2D eigenvalue weighted by Crippen LogP contribution is -2.75. The maximum Gasteiger partial charge on any atom is 0.409 e. The SMILES string of the molecule is CCC(=O)OC1=C2[C@@H](C)C(=O)[C@]3(C)[C@@H](OC(=O)N(C)C)C[C@H]4OC[C@@]4(C)[C@H]3[C@H](C)[C@](O)(CC1OC(=O)[C@H](O)[C@@H](N[B]C=O)c1ccccc1)C2(C)C. The Hall–Kier alpha value is -3.59. The third-order valence-electron chi connectivity index (χ3n) is 12.6. The summed E-state index contributed by atoms with van der Waals surface area (Å²) in [7, 11) is 4.18. The highest BCUT2D eigenvalue weighted by Crippen LogP contribution is 2.68. The van der Waals surface area contributed by atoms with Crippen LogP contribution in [0.5, 0.6) is 0 Å². The van der Waals surface area contributed by atoms with E-state index in [-0.39, 0.29) is 42.5 Å². The van der Waals surface area contributed by atoms with Crippen molar-refractivity contribution in [3.8, 4) is 0 Å². The van der Waals surface area contributed by atoms with Crippen LogP contribution in [0.2, 0.25) is 0 Å². The van der Waals surface area contributed by atoms with Crippen molar-refractivity contribution in [2.24, 2.45) is 34.0 Å². The number of nitrogens with zero attached hydrogens (tertiary/aromatic N) is 1. The average molecular weight is 724 g/mol. The van der Waals surface area contributed by atoms with Gasteiger partial charge in [-0.3, -0.25) is 9.59 Å². The van der Waals surface area contributed by atoms with Gasteiger partial charge in [0.2, 0.25) is 0 Å². The Morgan fingerprint density at radius 1 is 1.12 bits per heavy atom. The van der Waals surface area contributed by atoms with Gasteiger partial charge in [-0.1, -0.05) is 71.9 Å². The van der Waals surface area contributed by atoms with Crippen LogP contribution in [0.1, 0.15) is 79.3 Å². The standard InChI is InChI=1S/C38H52BN2O11/c1-10-26(43)52-30-23(50-33(46)29(44)28(40-39-19-42)22-14-12-11-13-15-22)17-38(48)21(3)31-36(6)18-49-24(36)16-25(51-34(47)41(8)9)37(31,7)32(45)20(2)27(30)35(38,4)5/h11-15,19-21,23-25,28-29,31,40,44,48H,10,16-18H2,1-9H3/t20-,21+,23?,24-,25+,28+,29-,31-,36-,37-,38-/m1/s1. The maximum atomic E-state index is 15.3. The largest absolute Gasteiger partial charge is 0.452 e. The Labute approximate surface area is 306 Å². The summed E-state index contributed by atoms with van der Waals surface area (Å²) in [6.07, 6.45) is -4.59. The highest BCUT2D eigenvalue weighted by atomic mass is 16.6. The van der Waals surface area contributed by atoms with Crippen LogP contribution in [0.25, 0.3) is 0 Å². The number of nitrogens with one attached hydrogen (secondary N) is 1. The number of rotatable bonds is 10. The molecule has 2 saturated carbocycles. The van der Waals surface area contributed by atoms with E-state index in [1.807, 2.05) is 13.8 Å². The molecule has 1 radical (unpaired) electrons.